The highest BCUT2D eigenvalue weighted by atomic mass is 35.5. The number of aromatic nitrogens is 1. The van der Waals surface area contributed by atoms with Gasteiger partial charge in [0.25, 0.3) is 0 Å². The number of nitrogens with zero attached hydrogens (tertiary/aromatic N) is 1. The molecule has 5 nitrogen and oxygen atoms in total. The number of para-hydroxylation sites is 1. The highest BCUT2D eigenvalue weighted by Crippen LogP contribution is 2.29. The number of hydrazine groups is 1. The third-order valence-corrected chi connectivity index (χ3v) is 2.57. The first-order valence-electron chi connectivity index (χ1n) is 5.37. The predicted octanol–water partition coefficient (Wildman–Crippen LogP) is 2.56. The maximum absolute atomic E-state index is 5.40. The number of hydrogen-bond acceptors (Lipinski definition) is 4. The smallest absolute Gasteiger partial charge is 0.182 e. The molecule has 0 spiro atoms. The monoisotopic (exact) mass is 334 g/mol. The summed E-state index contributed by atoms with van der Waals surface area (Å²) in [5, 5.41) is 1.12. The molecule has 0 aliphatic carbocycles. The lowest BCUT2D eigenvalue weighted by molar-refractivity contribution is 0.419. The van der Waals surface area contributed by atoms with Crippen LogP contribution in [0.15, 0.2) is 24.3 Å². The molecular formula is C12H16Cl2N4OS. The van der Waals surface area contributed by atoms with Crippen molar-refractivity contribution in [3.8, 4) is 5.75 Å². The van der Waals surface area contributed by atoms with Crippen LogP contribution in [0.2, 0.25) is 0 Å². The number of aryl methyl sites for hydroxylation is 1. The molecule has 1 heterocycles. The molecule has 0 unspecified atom stereocenters. The van der Waals surface area contributed by atoms with Gasteiger partial charge in [0.1, 0.15) is 11.3 Å². The predicted molar refractivity (Wildman–Crippen MR) is 91.1 cm³/mol. The van der Waals surface area contributed by atoms with E-state index in [2.05, 4.69) is 15.8 Å². The first kappa shape index (κ1) is 18.5. The molecule has 0 saturated carbocycles. The number of nitrogens with one attached hydrogen (secondary N) is 2. The van der Waals surface area contributed by atoms with Crippen molar-refractivity contribution in [2.24, 2.45) is 5.73 Å². The lowest BCUT2D eigenvalue weighted by atomic mass is 10.1. The van der Waals surface area contributed by atoms with Gasteiger partial charge in [0, 0.05) is 11.1 Å². The summed E-state index contributed by atoms with van der Waals surface area (Å²) in [7, 11) is 1.62. The first-order valence-corrected chi connectivity index (χ1v) is 5.78. The molecule has 0 aliphatic heterocycles. The molecule has 2 rings (SSSR count). The van der Waals surface area contributed by atoms with Crippen LogP contribution in [0.4, 0.5) is 5.69 Å². The van der Waals surface area contributed by atoms with E-state index in [1.54, 1.807) is 7.11 Å². The second-order valence-corrected chi connectivity index (χ2v) is 4.22. The van der Waals surface area contributed by atoms with E-state index in [9.17, 15) is 0 Å². The molecule has 1 aromatic heterocycles. The van der Waals surface area contributed by atoms with Gasteiger partial charge in [-0.1, -0.05) is 12.1 Å². The van der Waals surface area contributed by atoms with E-state index in [0.717, 1.165) is 28.0 Å². The Kier molecular flexibility index (Phi) is 7.34. The van der Waals surface area contributed by atoms with E-state index in [1.165, 1.54) is 0 Å². The largest absolute Gasteiger partial charge is 0.494 e. The Labute approximate surface area is 135 Å². The molecule has 0 atom stereocenters. The summed E-state index contributed by atoms with van der Waals surface area (Å²) in [6, 6.07) is 7.64. The zero-order chi connectivity index (χ0) is 13.1. The molecular weight excluding hydrogens is 319 g/mol. The molecule has 0 radical (unpaired) electrons. The van der Waals surface area contributed by atoms with Gasteiger partial charge in [-0.25, -0.2) is 4.98 Å². The second kappa shape index (κ2) is 7.94. The number of pyridine rings is 1. The number of halogens is 2. The lowest BCUT2D eigenvalue weighted by Crippen LogP contribution is -2.34. The van der Waals surface area contributed by atoms with Gasteiger partial charge < -0.3 is 10.5 Å². The Morgan fingerprint density at radius 3 is 2.65 bits per heavy atom. The normalized spacial score (nSPS) is 9.10. The van der Waals surface area contributed by atoms with Crippen LogP contribution in [-0.2, 0) is 0 Å². The summed E-state index contributed by atoms with van der Waals surface area (Å²) < 4.78 is 5.30. The number of rotatable bonds is 3. The maximum Gasteiger partial charge on any atom is 0.182 e. The Morgan fingerprint density at radius 1 is 1.35 bits per heavy atom. The molecule has 0 bridgehead atoms. The van der Waals surface area contributed by atoms with Crippen molar-refractivity contribution in [2.45, 2.75) is 6.92 Å². The van der Waals surface area contributed by atoms with Crippen molar-refractivity contribution in [3.63, 3.8) is 0 Å². The van der Waals surface area contributed by atoms with E-state index >= 15 is 0 Å². The van der Waals surface area contributed by atoms with Gasteiger partial charge in [0.2, 0.25) is 0 Å². The van der Waals surface area contributed by atoms with Crippen LogP contribution in [0.3, 0.4) is 0 Å². The minimum absolute atomic E-state index is 0. The number of methoxy groups -OCH3 is 1. The molecule has 20 heavy (non-hydrogen) atoms. The van der Waals surface area contributed by atoms with Crippen molar-refractivity contribution in [2.75, 3.05) is 12.5 Å². The quantitative estimate of drug-likeness (QED) is 0.591. The van der Waals surface area contributed by atoms with Crippen LogP contribution < -0.4 is 21.3 Å². The molecule has 0 fully saturated rings. The number of thiocarbonyl (C=S) groups is 1. The molecule has 4 N–H and O–H groups in total. The zero-order valence-electron chi connectivity index (χ0n) is 11.0. The summed E-state index contributed by atoms with van der Waals surface area (Å²) in [5.74, 6) is 0.731. The Hall–Kier alpha value is -1.50. The molecule has 2 aromatic rings. The third kappa shape index (κ3) is 4.00. The molecule has 0 amide bonds. The fraction of sp³-hybridized carbons (Fsp3) is 0.167. The van der Waals surface area contributed by atoms with Crippen LogP contribution in [0.1, 0.15) is 5.69 Å². The Balaban J connectivity index is 0.00000180. The SMILES string of the molecule is COc1cccc2c(NNC(N)=S)cc(C)nc12.Cl.Cl. The summed E-state index contributed by atoms with van der Waals surface area (Å²) in [6.45, 7) is 1.91. The van der Waals surface area contributed by atoms with Gasteiger partial charge in [0.15, 0.2) is 5.11 Å². The fourth-order valence-corrected chi connectivity index (χ4v) is 1.80. The van der Waals surface area contributed by atoms with Crippen molar-refractivity contribution < 1.29 is 4.74 Å². The van der Waals surface area contributed by atoms with Crippen LogP contribution in [0.25, 0.3) is 10.9 Å². The van der Waals surface area contributed by atoms with E-state index in [0.29, 0.717) is 0 Å². The van der Waals surface area contributed by atoms with Gasteiger partial charge in [-0.3, -0.25) is 10.9 Å². The van der Waals surface area contributed by atoms with E-state index in [-0.39, 0.29) is 29.9 Å². The fourth-order valence-electron chi connectivity index (χ4n) is 1.75. The van der Waals surface area contributed by atoms with Crippen LogP contribution in [0.5, 0.6) is 5.75 Å². The standard InChI is InChI=1S/C12H14N4OS.2ClH/c1-7-6-9(15-16-12(13)18)8-4-3-5-10(17-2)11(8)14-7;;/h3-6H,1-2H3,(H,14,15)(H3,13,16,18);2*1H. The van der Waals surface area contributed by atoms with Crippen molar-refractivity contribution in [1.82, 2.24) is 10.4 Å². The topological polar surface area (TPSA) is 72.2 Å². The maximum atomic E-state index is 5.40. The van der Waals surface area contributed by atoms with Gasteiger partial charge >= 0.3 is 0 Å². The molecule has 0 saturated heterocycles. The summed E-state index contributed by atoms with van der Waals surface area (Å²) in [5.41, 5.74) is 13.6. The van der Waals surface area contributed by atoms with Gasteiger partial charge in [0.05, 0.1) is 12.8 Å². The Morgan fingerprint density at radius 2 is 2.05 bits per heavy atom. The van der Waals surface area contributed by atoms with Gasteiger partial charge in [-0.05, 0) is 31.3 Å². The van der Waals surface area contributed by atoms with E-state index in [4.69, 9.17) is 22.7 Å². The highest BCUT2D eigenvalue weighted by Gasteiger charge is 2.08. The third-order valence-electron chi connectivity index (χ3n) is 2.47. The van der Waals surface area contributed by atoms with E-state index in [1.807, 2.05) is 31.2 Å². The minimum atomic E-state index is 0. The Bertz CT molecular complexity index is 609. The van der Waals surface area contributed by atoms with Gasteiger partial charge in [-0.15, -0.1) is 24.8 Å². The number of ether oxygens (including phenoxy) is 1. The van der Waals surface area contributed by atoms with Crippen molar-refractivity contribution >= 4 is 58.7 Å². The molecule has 1 aromatic carbocycles. The molecule has 8 heteroatoms. The highest BCUT2D eigenvalue weighted by molar-refractivity contribution is 7.80. The van der Waals surface area contributed by atoms with Gasteiger partial charge in [-0.2, -0.15) is 0 Å². The van der Waals surface area contributed by atoms with Crippen molar-refractivity contribution in [1.29, 1.82) is 0 Å². The first-order chi connectivity index (χ1) is 8.61. The average Bonchev–Trinajstić information content (AvgIpc) is 2.35. The number of hydrogen-bond donors (Lipinski definition) is 3. The van der Waals surface area contributed by atoms with Crippen molar-refractivity contribution in [3.05, 3.63) is 30.0 Å². The summed E-state index contributed by atoms with van der Waals surface area (Å²) >= 11 is 4.76. The van der Waals surface area contributed by atoms with E-state index < -0.39 is 0 Å². The number of benzene rings is 1. The number of nitrogens with two attached hydrogens (primary N) is 1. The molecule has 110 valence electrons. The average molecular weight is 335 g/mol. The summed E-state index contributed by atoms with van der Waals surface area (Å²) in [4.78, 5) is 4.48. The van der Waals surface area contributed by atoms with Crippen LogP contribution in [-0.4, -0.2) is 17.2 Å². The lowest BCUT2D eigenvalue weighted by Gasteiger charge is -2.13. The zero-order valence-corrected chi connectivity index (χ0v) is 13.4. The minimum Gasteiger partial charge on any atom is -0.494 e. The van der Waals surface area contributed by atoms with Crippen LogP contribution in [0, 0.1) is 6.92 Å². The second-order valence-electron chi connectivity index (χ2n) is 3.78. The number of anilines is 1. The van der Waals surface area contributed by atoms with Crippen LogP contribution >= 0.6 is 37.0 Å². The summed E-state index contributed by atoms with van der Waals surface area (Å²) in [6.07, 6.45) is 0. The molecule has 0 aliphatic rings. The number of fused-ring (bicyclic) bond motifs is 1.